The summed E-state index contributed by atoms with van der Waals surface area (Å²) in [5.41, 5.74) is 0. The first-order valence-corrected chi connectivity index (χ1v) is 5.93. The minimum absolute atomic E-state index is 0.0155. The summed E-state index contributed by atoms with van der Waals surface area (Å²) >= 11 is 0. The van der Waals surface area contributed by atoms with Crippen LogP contribution in [0.3, 0.4) is 0 Å². The molecule has 0 amide bonds. The summed E-state index contributed by atoms with van der Waals surface area (Å²) in [4.78, 5) is 0. The van der Waals surface area contributed by atoms with Crippen molar-refractivity contribution >= 4 is 0 Å². The van der Waals surface area contributed by atoms with E-state index in [1.165, 1.54) is 0 Å². The van der Waals surface area contributed by atoms with Crippen LogP contribution in [0.2, 0.25) is 0 Å². The fraction of sp³-hybridized carbons (Fsp3) is 1.00. The average Bonchev–Trinajstić information content (AvgIpc) is 2.13. The Labute approximate surface area is 93.5 Å². The predicted molar refractivity (Wildman–Crippen MR) is 61.8 cm³/mol. The minimum atomic E-state index is -0.383. The van der Waals surface area contributed by atoms with Gasteiger partial charge in [0.25, 0.3) is 0 Å². The molecule has 0 rings (SSSR count). The zero-order chi connectivity index (χ0) is 11.8. The van der Waals surface area contributed by atoms with E-state index in [1.807, 2.05) is 13.8 Å². The van der Waals surface area contributed by atoms with Crippen LogP contribution in [-0.2, 0) is 4.74 Å². The van der Waals surface area contributed by atoms with Gasteiger partial charge in [-0.3, -0.25) is 0 Å². The molecule has 0 aliphatic heterocycles. The summed E-state index contributed by atoms with van der Waals surface area (Å²) in [5, 5.41) is 19.0. The lowest BCUT2D eigenvalue weighted by Gasteiger charge is -2.19. The van der Waals surface area contributed by atoms with Crippen LogP contribution < -0.4 is 0 Å². The minimum Gasteiger partial charge on any atom is -0.393 e. The Balaban J connectivity index is 3.56. The molecular weight excluding hydrogens is 192 g/mol. The second-order valence-corrected chi connectivity index (χ2v) is 4.73. The third kappa shape index (κ3) is 8.85. The van der Waals surface area contributed by atoms with Crippen molar-refractivity contribution < 1.29 is 14.9 Å². The number of hydrogen-bond donors (Lipinski definition) is 2. The van der Waals surface area contributed by atoms with E-state index in [9.17, 15) is 10.2 Å². The van der Waals surface area contributed by atoms with Crippen LogP contribution in [0.1, 0.15) is 47.0 Å². The molecule has 0 fully saturated rings. The molecule has 0 aromatic heterocycles. The van der Waals surface area contributed by atoms with Gasteiger partial charge in [0.2, 0.25) is 0 Å². The molecular formula is C12H26O3. The van der Waals surface area contributed by atoms with Crippen molar-refractivity contribution in [3.05, 3.63) is 0 Å². The molecule has 3 nitrogen and oxygen atoms in total. The lowest BCUT2D eigenvalue weighted by molar-refractivity contribution is -0.0271. The normalized spacial score (nSPS) is 17.8. The summed E-state index contributed by atoms with van der Waals surface area (Å²) < 4.78 is 5.47. The third-order valence-electron chi connectivity index (χ3n) is 2.39. The highest BCUT2D eigenvalue weighted by Gasteiger charge is 2.12. The molecule has 0 aliphatic rings. The molecule has 0 aromatic rings. The van der Waals surface area contributed by atoms with Gasteiger partial charge >= 0.3 is 0 Å². The van der Waals surface area contributed by atoms with Crippen LogP contribution in [-0.4, -0.2) is 35.1 Å². The number of rotatable bonds is 8. The number of aliphatic hydroxyl groups is 2. The number of hydrogen-bond acceptors (Lipinski definition) is 3. The molecule has 3 unspecified atom stereocenters. The summed E-state index contributed by atoms with van der Waals surface area (Å²) in [5.74, 6) is 0.486. The van der Waals surface area contributed by atoms with Crippen molar-refractivity contribution in [3.8, 4) is 0 Å². The molecule has 0 heterocycles. The first kappa shape index (κ1) is 14.9. The van der Waals surface area contributed by atoms with E-state index in [-0.39, 0.29) is 18.3 Å². The van der Waals surface area contributed by atoms with Gasteiger partial charge < -0.3 is 14.9 Å². The van der Waals surface area contributed by atoms with Crippen molar-refractivity contribution in [2.75, 3.05) is 6.61 Å². The van der Waals surface area contributed by atoms with Crippen LogP contribution in [0, 0.1) is 5.92 Å². The molecule has 0 radical (unpaired) electrons. The van der Waals surface area contributed by atoms with Gasteiger partial charge in [-0.15, -0.1) is 0 Å². The Morgan fingerprint density at radius 1 is 1.00 bits per heavy atom. The van der Waals surface area contributed by atoms with E-state index < -0.39 is 0 Å². The van der Waals surface area contributed by atoms with Gasteiger partial charge in [0.1, 0.15) is 0 Å². The second kappa shape index (κ2) is 8.08. The van der Waals surface area contributed by atoms with E-state index >= 15 is 0 Å². The number of ether oxygens (including phenoxy) is 1. The Kier molecular flexibility index (Phi) is 8.02. The molecule has 0 bridgehead atoms. The van der Waals surface area contributed by atoms with Gasteiger partial charge in [-0.05, 0) is 32.1 Å². The fourth-order valence-electron chi connectivity index (χ4n) is 1.51. The van der Waals surface area contributed by atoms with Crippen molar-refractivity contribution in [3.63, 3.8) is 0 Å². The number of aliphatic hydroxyl groups excluding tert-OH is 2. The maximum Gasteiger partial charge on any atom is 0.0776 e. The van der Waals surface area contributed by atoms with Crippen molar-refractivity contribution in [2.45, 2.75) is 65.3 Å². The van der Waals surface area contributed by atoms with Crippen LogP contribution >= 0.6 is 0 Å². The van der Waals surface area contributed by atoms with E-state index in [1.54, 1.807) is 0 Å². The summed E-state index contributed by atoms with van der Waals surface area (Å²) in [6.45, 7) is 8.41. The maximum atomic E-state index is 9.57. The summed E-state index contributed by atoms with van der Waals surface area (Å²) in [6.07, 6.45) is 1.51. The Morgan fingerprint density at radius 3 is 2.07 bits per heavy atom. The SMILES string of the molecule is CCC(O)CC(C)OCC(O)CC(C)C. The molecule has 0 spiro atoms. The monoisotopic (exact) mass is 218 g/mol. The Hall–Kier alpha value is -0.120. The van der Waals surface area contributed by atoms with Crippen LogP contribution in [0.4, 0.5) is 0 Å². The zero-order valence-electron chi connectivity index (χ0n) is 10.4. The Morgan fingerprint density at radius 2 is 1.60 bits per heavy atom. The van der Waals surface area contributed by atoms with E-state index in [0.29, 0.717) is 18.9 Å². The fourth-order valence-corrected chi connectivity index (χ4v) is 1.51. The molecule has 2 N–H and O–H groups in total. The highest BCUT2D eigenvalue weighted by molar-refractivity contribution is 4.62. The smallest absolute Gasteiger partial charge is 0.0776 e. The van der Waals surface area contributed by atoms with Crippen molar-refractivity contribution in [2.24, 2.45) is 5.92 Å². The first-order valence-electron chi connectivity index (χ1n) is 5.93. The molecule has 0 aliphatic carbocycles. The van der Waals surface area contributed by atoms with E-state index in [4.69, 9.17) is 4.74 Å². The largest absolute Gasteiger partial charge is 0.393 e. The van der Waals surface area contributed by atoms with Crippen LogP contribution in [0.25, 0.3) is 0 Å². The molecule has 0 saturated carbocycles. The van der Waals surface area contributed by atoms with Gasteiger partial charge in [-0.2, -0.15) is 0 Å². The van der Waals surface area contributed by atoms with Gasteiger partial charge in [-0.1, -0.05) is 20.8 Å². The highest BCUT2D eigenvalue weighted by atomic mass is 16.5. The first-order chi connectivity index (χ1) is 6.95. The van der Waals surface area contributed by atoms with Gasteiger partial charge in [0.05, 0.1) is 24.9 Å². The van der Waals surface area contributed by atoms with Crippen LogP contribution in [0.15, 0.2) is 0 Å². The lowest BCUT2D eigenvalue weighted by Crippen LogP contribution is -2.24. The molecule has 3 heteroatoms. The lowest BCUT2D eigenvalue weighted by atomic mass is 10.1. The van der Waals surface area contributed by atoms with Gasteiger partial charge in [-0.25, -0.2) is 0 Å². The predicted octanol–water partition coefficient (Wildman–Crippen LogP) is 1.96. The van der Waals surface area contributed by atoms with Gasteiger partial charge in [0.15, 0.2) is 0 Å². The van der Waals surface area contributed by atoms with Crippen molar-refractivity contribution in [1.82, 2.24) is 0 Å². The Bertz CT molecular complexity index is 148. The van der Waals surface area contributed by atoms with Crippen molar-refractivity contribution in [1.29, 1.82) is 0 Å². The third-order valence-corrected chi connectivity index (χ3v) is 2.39. The molecule has 3 atom stereocenters. The van der Waals surface area contributed by atoms with Crippen LogP contribution in [0.5, 0.6) is 0 Å². The maximum absolute atomic E-state index is 9.57. The molecule has 0 aromatic carbocycles. The second-order valence-electron chi connectivity index (χ2n) is 4.73. The molecule has 15 heavy (non-hydrogen) atoms. The standard InChI is InChI=1S/C12H26O3/c1-5-11(13)7-10(4)15-8-12(14)6-9(2)3/h9-14H,5-8H2,1-4H3. The summed E-state index contributed by atoms with van der Waals surface area (Å²) in [7, 11) is 0. The topological polar surface area (TPSA) is 49.7 Å². The molecule has 92 valence electrons. The summed E-state index contributed by atoms with van der Waals surface area (Å²) in [6, 6.07) is 0. The zero-order valence-corrected chi connectivity index (χ0v) is 10.4. The van der Waals surface area contributed by atoms with Gasteiger partial charge in [0, 0.05) is 0 Å². The highest BCUT2D eigenvalue weighted by Crippen LogP contribution is 2.09. The van der Waals surface area contributed by atoms with E-state index in [0.717, 1.165) is 12.8 Å². The van der Waals surface area contributed by atoms with E-state index in [2.05, 4.69) is 13.8 Å². The quantitative estimate of drug-likeness (QED) is 0.655. The molecule has 0 saturated heterocycles. The average molecular weight is 218 g/mol.